The molecular formula is C17H15ClO3. The normalized spacial score (nSPS) is 12.6. The number of halogens is 1. The summed E-state index contributed by atoms with van der Waals surface area (Å²) in [6.45, 7) is 1.97. The second-order valence-corrected chi connectivity index (χ2v) is 5.42. The van der Waals surface area contributed by atoms with Gasteiger partial charge in [0.15, 0.2) is 0 Å². The monoisotopic (exact) mass is 302 g/mol. The van der Waals surface area contributed by atoms with Gasteiger partial charge in [0.25, 0.3) is 0 Å². The van der Waals surface area contributed by atoms with Crippen molar-refractivity contribution in [2.75, 3.05) is 7.11 Å². The third kappa shape index (κ3) is 2.62. The number of aliphatic hydroxyl groups excluding tert-OH is 1. The predicted octanol–water partition coefficient (Wildman–Crippen LogP) is 4.48. The molecule has 0 aliphatic rings. The molecule has 1 heterocycles. The van der Waals surface area contributed by atoms with Crippen molar-refractivity contribution in [2.24, 2.45) is 0 Å². The maximum atomic E-state index is 10.6. The first-order valence-electron chi connectivity index (χ1n) is 6.60. The Kier molecular flexibility index (Phi) is 3.62. The molecule has 3 nitrogen and oxygen atoms in total. The van der Waals surface area contributed by atoms with E-state index >= 15 is 0 Å². The van der Waals surface area contributed by atoms with Crippen LogP contribution in [0, 0.1) is 6.92 Å². The van der Waals surface area contributed by atoms with Crippen LogP contribution in [0.2, 0.25) is 5.02 Å². The average Bonchev–Trinajstić information content (AvgIpc) is 2.89. The number of fused-ring (bicyclic) bond motifs is 1. The highest BCUT2D eigenvalue weighted by Gasteiger charge is 2.19. The van der Waals surface area contributed by atoms with E-state index in [2.05, 4.69) is 0 Å². The number of furan rings is 1. The van der Waals surface area contributed by atoms with Crippen LogP contribution in [0.1, 0.15) is 23.0 Å². The summed E-state index contributed by atoms with van der Waals surface area (Å²) in [5.41, 5.74) is 2.44. The molecule has 0 radical (unpaired) electrons. The fraction of sp³-hybridized carbons (Fsp3) is 0.176. The smallest absolute Gasteiger partial charge is 0.140 e. The zero-order chi connectivity index (χ0) is 15.0. The molecule has 0 saturated heterocycles. The molecule has 0 saturated carbocycles. The van der Waals surface area contributed by atoms with Crippen molar-refractivity contribution in [3.63, 3.8) is 0 Å². The standard InChI is InChI=1S/C17H15ClO3/c1-10-3-5-13(15(7-10)20-2)17(19)16-9-11-8-12(18)4-6-14(11)21-16/h3-9,17,19H,1-2H3. The van der Waals surface area contributed by atoms with Crippen LogP contribution >= 0.6 is 11.6 Å². The maximum absolute atomic E-state index is 10.6. The first-order chi connectivity index (χ1) is 10.1. The van der Waals surface area contributed by atoms with Crippen molar-refractivity contribution in [1.82, 2.24) is 0 Å². The Morgan fingerprint density at radius 1 is 1.14 bits per heavy atom. The van der Waals surface area contributed by atoms with E-state index in [1.807, 2.05) is 31.2 Å². The van der Waals surface area contributed by atoms with Gasteiger partial charge in [-0.2, -0.15) is 0 Å². The van der Waals surface area contributed by atoms with Crippen molar-refractivity contribution in [1.29, 1.82) is 0 Å². The van der Waals surface area contributed by atoms with Gasteiger partial charge in [0.1, 0.15) is 23.2 Å². The van der Waals surface area contributed by atoms with Crippen LogP contribution in [0.3, 0.4) is 0 Å². The molecule has 0 bridgehead atoms. The van der Waals surface area contributed by atoms with E-state index in [0.717, 1.165) is 10.9 Å². The van der Waals surface area contributed by atoms with Crippen molar-refractivity contribution in [3.8, 4) is 5.75 Å². The number of hydrogen-bond acceptors (Lipinski definition) is 3. The summed E-state index contributed by atoms with van der Waals surface area (Å²) >= 11 is 5.97. The van der Waals surface area contributed by atoms with Crippen LogP contribution in [0.5, 0.6) is 5.75 Å². The summed E-state index contributed by atoms with van der Waals surface area (Å²) in [7, 11) is 1.59. The van der Waals surface area contributed by atoms with Crippen LogP contribution in [-0.2, 0) is 0 Å². The molecule has 0 spiro atoms. The third-order valence-electron chi connectivity index (χ3n) is 3.45. The van der Waals surface area contributed by atoms with Crippen molar-refractivity contribution >= 4 is 22.6 Å². The molecule has 0 amide bonds. The summed E-state index contributed by atoms with van der Waals surface area (Å²) in [6, 6.07) is 12.8. The van der Waals surface area contributed by atoms with Crippen LogP contribution in [0.25, 0.3) is 11.0 Å². The first-order valence-corrected chi connectivity index (χ1v) is 6.98. The Hall–Kier alpha value is -1.97. The number of rotatable bonds is 3. The molecule has 108 valence electrons. The molecule has 4 heteroatoms. The van der Waals surface area contributed by atoms with E-state index in [9.17, 15) is 5.11 Å². The number of aliphatic hydroxyl groups is 1. The molecule has 1 unspecified atom stereocenters. The molecule has 1 aromatic heterocycles. The molecule has 1 atom stereocenters. The Bertz CT molecular complexity index is 792. The minimum Gasteiger partial charge on any atom is -0.496 e. The van der Waals surface area contributed by atoms with Crippen LogP contribution in [-0.4, -0.2) is 12.2 Å². The zero-order valence-corrected chi connectivity index (χ0v) is 12.5. The van der Waals surface area contributed by atoms with E-state index in [1.165, 1.54) is 0 Å². The first kappa shape index (κ1) is 14.0. The van der Waals surface area contributed by atoms with Crippen molar-refractivity contribution in [3.05, 3.63) is 64.4 Å². The zero-order valence-electron chi connectivity index (χ0n) is 11.8. The fourth-order valence-electron chi connectivity index (χ4n) is 2.37. The molecule has 0 aliphatic heterocycles. The third-order valence-corrected chi connectivity index (χ3v) is 3.69. The lowest BCUT2D eigenvalue weighted by Crippen LogP contribution is -2.01. The van der Waals surface area contributed by atoms with Gasteiger partial charge in [-0.15, -0.1) is 0 Å². The molecule has 2 aromatic carbocycles. The largest absolute Gasteiger partial charge is 0.496 e. The maximum Gasteiger partial charge on any atom is 0.140 e. The van der Waals surface area contributed by atoms with E-state index in [4.69, 9.17) is 20.8 Å². The number of ether oxygens (including phenoxy) is 1. The number of benzene rings is 2. The average molecular weight is 303 g/mol. The van der Waals surface area contributed by atoms with Gasteiger partial charge in [-0.05, 0) is 42.8 Å². The number of hydrogen-bond donors (Lipinski definition) is 1. The van der Waals surface area contributed by atoms with Gasteiger partial charge in [0.05, 0.1) is 7.11 Å². The topological polar surface area (TPSA) is 42.6 Å². The lowest BCUT2D eigenvalue weighted by atomic mass is 10.0. The second-order valence-electron chi connectivity index (χ2n) is 4.98. The fourth-order valence-corrected chi connectivity index (χ4v) is 2.55. The lowest BCUT2D eigenvalue weighted by molar-refractivity contribution is 0.188. The van der Waals surface area contributed by atoms with Gasteiger partial charge in [-0.1, -0.05) is 23.7 Å². The molecule has 3 aromatic rings. The highest BCUT2D eigenvalue weighted by Crippen LogP contribution is 2.34. The van der Waals surface area contributed by atoms with Crippen LogP contribution in [0.4, 0.5) is 0 Å². The van der Waals surface area contributed by atoms with E-state index in [0.29, 0.717) is 27.7 Å². The quantitative estimate of drug-likeness (QED) is 0.775. The van der Waals surface area contributed by atoms with Gasteiger partial charge >= 0.3 is 0 Å². The number of aryl methyl sites for hydroxylation is 1. The molecule has 3 rings (SSSR count). The van der Waals surface area contributed by atoms with Crippen LogP contribution < -0.4 is 4.74 Å². The van der Waals surface area contributed by atoms with E-state index < -0.39 is 6.10 Å². The molecule has 0 aliphatic carbocycles. The van der Waals surface area contributed by atoms with Gasteiger partial charge < -0.3 is 14.3 Å². The predicted molar refractivity (Wildman–Crippen MR) is 83.0 cm³/mol. The van der Waals surface area contributed by atoms with E-state index in [-0.39, 0.29) is 0 Å². The SMILES string of the molecule is COc1cc(C)ccc1C(O)c1cc2cc(Cl)ccc2o1. The summed E-state index contributed by atoms with van der Waals surface area (Å²) in [4.78, 5) is 0. The lowest BCUT2D eigenvalue weighted by Gasteiger charge is -2.13. The Labute approximate surface area is 127 Å². The van der Waals surface area contributed by atoms with Gasteiger partial charge in [-0.25, -0.2) is 0 Å². The number of methoxy groups -OCH3 is 1. The summed E-state index contributed by atoms with van der Waals surface area (Å²) in [5.74, 6) is 1.11. The van der Waals surface area contributed by atoms with Gasteiger partial charge in [0.2, 0.25) is 0 Å². The Morgan fingerprint density at radius 3 is 2.71 bits per heavy atom. The molecule has 1 N–H and O–H groups in total. The second kappa shape index (κ2) is 5.43. The minimum atomic E-state index is -0.883. The molecular weight excluding hydrogens is 288 g/mol. The van der Waals surface area contributed by atoms with Crippen LogP contribution in [0.15, 0.2) is 46.9 Å². The summed E-state index contributed by atoms with van der Waals surface area (Å²) < 4.78 is 11.0. The highest BCUT2D eigenvalue weighted by atomic mass is 35.5. The van der Waals surface area contributed by atoms with Crippen molar-refractivity contribution < 1.29 is 14.3 Å². The molecule has 0 fully saturated rings. The highest BCUT2D eigenvalue weighted by molar-refractivity contribution is 6.31. The van der Waals surface area contributed by atoms with E-state index in [1.54, 1.807) is 25.3 Å². The van der Waals surface area contributed by atoms with Gasteiger partial charge in [-0.3, -0.25) is 0 Å². The molecule has 21 heavy (non-hydrogen) atoms. The minimum absolute atomic E-state index is 0.467. The van der Waals surface area contributed by atoms with Crippen molar-refractivity contribution in [2.45, 2.75) is 13.0 Å². The van der Waals surface area contributed by atoms with Gasteiger partial charge in [0, 0.05) is 16.0 Å². The summed E-state index contributed by atoms with van der Waals surface area (Å²) in [6.07, 6.45) is -0.883. The Balaban J connectivity index is 2.05. The summed E-state index contributed by atoms with van der Waals surface area (Å²) in [5, 5.41) is 12.1. The Morgan fingerprint density at radius 2 is 1.95 bits per heavy atom.